The number of aliphatic hydroxyl groups is 4. The first-order valence-corrected chi connectivity index (χ1v) is 54.3. The Morgan fingerprint density at radius 1 is 0.370 bits per heavy atom. The van der Waals surface area contributed by atoms with Gasteiger partial charge in [0.2, 0.25) is 0 Å². The Morgan fingerprint density at radius 3 is 1.13 bits per heavy atom. The van der Waals surface area contributed by atoms with Crippen molar-refractivity contribution in [2.45, 2.75) is 377 Å². The zero-order valence-electron chi connectivity index (χ0n) is 86.0. The first kappa shape index (κ1) is 99.7. The van der Waals surface area contributed by atoms with Crippen LogP contribution in [-0.2, 0) is 38.8 Å². The first-order chi connectivity index (χ1) is 64.7. The maximum absolute atomic E-state index is 14.2. The fourth-order valence-electron chi connectivity index (χ4n) is 37.1. The van der Waals surface area contributed by atoms with Crippen LogP contribution in [0.4, 0.5) is 24.5 Å². The molecule has 0 amide bonds. The summed E-state index contributed by atoms with van der Waals surface area (Å²) in [4.78, 5) is 57.2. The molecule has 138 heavy (non-hydrogen) atoms. The van der Waals surface area contributed by atoms with E-state index in [1.807, 2.05) is 62.7 Å². The van der Waals surface area contributed by atoms with Crippen molar-refractivity contribution in [3.05, 3.63) is 94.8 Å². The molecule has 754 valence electrons. The van der Waals surface area contributed by atoms with Gasteiger partial charge in [-0.15, -0.1) is 10.2 Å². The number of anilines is 2. The monoisotopic (exact) mass is 1900 g/mol. The predicted octanol–water partition coefficient (Wildman–Crippen LogP) is 23.4. The number of rotatable bonds is 13. The molecule has 3 heterocycles. The summed E-state index contributed by atoms with van der Waals surface area (Å²) in [6.45, 7) is 34.5. The normalized spacial score (nSPS) is 43.2. The number of halogens is 3. The summed E-state index contributed by atoms with van der Waals surface area (Å²) in [6.07, 6.45) is 39.9. The van der Waals surface area contributed by atoms with Crippen LogP contribution in [0.2, 0.25) is 0 Å². The highest BCUT2D eigenvalue weighted by Crippen LogP contribution is 2.74. The van der Waals surface area contributed by atoms with Gasteiger partial charge in [0.1, 0.15) is 41.7 Å². The van der Waals surface area contributed by atoms with E-state index in [1.54, 1.807) is 23.9 Å². The highest BCUT2D eigenvalue weighted by Gasteiger charge is 2.68. The number of aryl methyl sites for hydroxylation is 3. The zero-order chi connectivity index (χ0) is 97.0. The van der Waals surface area contributed by atoms with E-state index in [2.05, 4.69) is 111 Å². The van der Waals surface area contributed by atoms with E-state index in [1.165, 1.54) is 118 Å². The second kappa shape index (κ2) is 36.0. The average Bonchev–Trinajstić information content (AvgIpc) is 1.46. The summed E-state index contributed by atoms with van der Waals surface area (Å²) in [5.41, 5.74) is 12.8. The van der Waals surface area contributed by atoms with Crippen LogP contribution in [0, 0.1) is 200 Å². The van der Waals surface area contributed by atoms with E-state index in [-0.39, 0.29) is 92.9 Å². The van der Waals surface area contributed by atoms with Crippen LogP contribution in [0.5, 0.6) is 0 Å². The number of hydrogen-bond donors (Lipinski definition) is 7. The fraction of sp³-hybridized carbons (Fsp3) is 0.757. The van der Waals surface area contributed by atoms with Gasteiger partial charge in [0.05, 0.1) is 45.8 Å². The van der Waals surface area contributed by atoms with Gasteiger partial charge in [0, 0.05) is 23.7 Å². The molecule has 23 rings (SSSR count). The maximum Gasteiger partial charge on any atom is 0.188 e. The Hall–Kier alpha value is -7.05. The topological polar surface area (TPSA) is 314 Å². The quantitative estimate of drug-likeness (QED) is 0.0528. The number of hydrogen-bond acceptors (Lipinski definition) is 17. The number of carbonyl (C=O) groups excluding carboxylic acids is 4. The first-order valence-electron chi connectivity index (χ1n) is 54.3. The molecule has 10 N–H and O–H groups in total. The molecule has 4 aromatic carbocycles. The Balaban J connectivity index is 0.000000117. The number of aromatic nitrogens is 9. The third-order valence-electron chi connectivity index (χ3n) is 44.8. The minimum absolute atomic E-state index is 0. The molecule has 16 fully saturated rings. The van der Waals surface area contributed by atoms with E-state index in [0.717, 1.165) is 193 Å². The van der Waals surface area contributed by atoms with Crippen molar-refractivity contribution in [2.24, 2.45) is 162 Å². The Kier molecular flexibility index (Phi) is 26.0. The molecule has 3 aromatic heterocycles. The van der Waals surface area contributed by atoms with Gasteiger partial charge in [-0.05, 0) is 477 Å². The summed E-state index contributed by atoms with van der Waals surface area (Å²) < 4.78 is 43.7. The van der Waals surface area contributed by atoms with Crippen LogP contribution >= 0.6 is 0 Å². The van der Waals surface area contributed by atoms with Crippen molar-refractivity contribution in [1.82, 2.24) is 51.1 Å². The van der Waals surface area contributed by atoms with Crippen molar-refractivity contribution < 1.29 is 52.8 Å². The molecule has 0 aliphatic heterocycles. The lowest BCUT2D eigenvalue weighted by Gasteiger charge is -2.61. The molecule has 20 nitrogen and oxygen atoms in total. The highest BCUT2D eigenvalue weighted by atomic mass is 19.2. The van der Waals surface area contributed by atoms with Crippen molar-refractivity contribution in [3.63, 3.8) is 0 Å². The van der Waals surface area contributed by atoms with Crippen LogP contribution in [0.1, 0.15) is 331 Å². The van der Waals surface area contributed by atoms with Gasteiger partial charge in [-0.3, -0.25) is 19.2 Å². The summed E-state index contributed by atoms with van der Waals surface area (Å²) in [7, 11) is 0. The molecule has 0 unspecified atom stereocenters. The van der Waals surface area contributed by atoms with E-state index in [4.69, 9.17) is 5.73 Å². The number of Topliss-reactive ketones (excluding diaryl/α,β-unsaturated/α-hetero) is 4. The average molecular weight is 1900 g/mol. The second-order valence-corrected chi connectivity index (χ2v) is 52.4. The molecule has 0 bridgehead atoms. The number of nitrogens with zero attached hydrogens (tertiary/aromatic N) is 9. The Bertz CT molecular complexity index is 5780. The number of nitrogen functional groups attached to an aromatic ring is 1. The van der Waals surface area contributed by atoms with Crippen LogP contribution < -0.4 is 17.2 Å². The molecular weight excluding hydrogens is 1730 g/mol. The van der Waals surface area contributed by atoms with Crippen molar-refractivity contribution in [3.8, 4) is 0 Å². The van der Waals surface area contributed by atoms with Gasteiger partial charge in [0.25, 0.3) is 0 Å². The number of nitrogens with two attached hydrogens (primary N) is 1. The maximum atomic E-state index is 14.2. The predicted molar refractivity (Wildman–Crippen MR) is 534 cm³/mol. The number of fused-ring (bicyclic) bond motifs is 23. The highest BCUT2D eigenvalue weighted by molar-refractivity contribution is 5.88. The smallest absolute Gasteiger partial charge is 0.188 e. The van der Waals surface area contributed by atoms with Crippen molar-refractivity contribution >= 4 is 67.6 Å². The van der Waals surface area contributed by atoms with Gasteiger partial charge in [-0.25, -0.2) is 17.9 Å². The van der Waals surface area contributed by atoms with Gasteiger partial charge >= 0.3 is 0 Å². The molecule has 0 saturated heterocycles. The lowest BCUT2D eigenvalue weighted by Crippen LogP contribution is -2.55. The van der Waals surface area contributed by atoms with E-state index < -0.39 is 39.9 Å². The molecular formula is C115H165F3N12O8. The van der Waals surface area contributed by atoms with Crippen LogP contribution in [0.15, 0.2) is 60.7 Å². The lowest BCUT2D eigenvalue weighted by atomic mass is 9.44. The molecule has 23 heteroatoms. The molecule has 7 aromatic rings. The van der Waals surface area contributed by atoms with Gasteiger partial charge in [-0.1, -0.05) is 78.8 Å². The molecule has 16 saturated carbocycles. The van der Waals surface area contributed by atoms with Crippen LogP contribution in [-0.4, -0.2) is 117 Å². The number of carbonyl (C=O) groups is 4. The van der Waals surface area contributed by atoms with Crippen molar-refractivity contribution in [1.29, 1.82) is 0 Å². The molecule has 32 atom stereocenters. The lowest BCUT2D eigenvalue weighted by molar-refractivity contribution is -0.151. The standard InChI is InChI=1S/C29H43FN2O2.2C29H41N3O2.C28H37F2N3O2.H3N/c1-17-5-10-23(26(31)25(17)30)32-16-24(33)22-9-8-20-19-7-6-18-15-27(2,34)13-14-28(18,3)21(19)11-12-29(20,22)4;1-18-5-10-24-25(15-18)32(31-30-24)17-26(33)23-9-8-21-20-7-6-19-16-27(2,34)13-14-28(19,3)22(20)11-12-29(21,23)4;1-18-5-10-24-25(15-18)31-32(30-24)17-26(33)23-9-8-21-20-7-6-19-16-27(2,34)13-14-28(19,3)22(20)11-12-29(21,23)4;1-26(35)12-13-27(2)16(14-26)4-5-17-18-6-7-20(28(18,3)11-10-19(17)27)23(34)15-33-31-22-9-8-21(29)24(30)25(22)32-33;/h5,10,18-22,32,34H,6-9,11-16,31H2,1-4H3;2*5,10,15,19-23,34H,6-9,11-14,16-17H2,1-4H3;8-9,16-20,35H,4-7,10-15H2,1-3H3;1H3/t18-,19-,20-,21-,22+,27+,28-,29-;2*19-,20+,21+,22+,23-,27-,28+,29+;16-,17-,18-,19-,20+,26+,27-,28-;/m0110./s1. The van der Waals surface area contributed by atoms with Crippen molar-refractivity contribution in [2.75, 3.05) is 17.6 Å². The SMILES string of the molecule is C[C@@]1(O)CC[C@@]2(C)[C@@H](CC[C@@H]3[C@@H]2CC[C@]2(C)[C@@H](C(=O)Cn4nc5ccc(F)c(F)c5n4)CC[C@@H]32)C1.Cc1ccc(NCC(=O)[C@H]2CC[C@H]3[C@@H]4CC[C@H]5C[C@](C)(O)CC[C@]5(C)[C@H]4CC[C@]23C)c(N)c1F.Cc1ccc2nn(CC(=O)[C@H]3CC[C@H]4[C@@H]5CC[C@@H]6C[C@](C)(O)CC[C@]6(C)[C@H]5CC[C@]34C)nc2c1.Cc1ccc2nnn(CC(=O)[C@H]3CC[C@H]4[C@@H]5CC[C@@H]6C[C@](C)(O)CC[C@]6(C)[C@H]5CC[C@]34C)c2c1.N. The summed E-state index contributed by atoms with van der Waals surface area (Å²) in [5.74, 6) is 9.77. The Morgan fingerprint density at radius 2 is 0.717 bits per heavy atom. The summed E-state index contributed by atoms with van der Waals surface area (Å²) >= 11 is 0. The van der Waals surface area contributed by atoms with E-state index in [9.17, 15) is 52.8 Å². The molecule has 16 aliphatic carbocycles. The third kappa shape index (κ3) is 17.1. The zero-order valence-corrected chi connectivity index (χ0v) is 86.0. The largest absolute Gasteiger partial charge is 0.395 e. The second-order valence-electron chi connectivity index (χ2n) is 52.4. The third-order valence-corrected chi connectivity index (χ3v) is 44.8. The minimum atomic E-state index is -1.01. The molecule has 0 spiro atoms. The summed E-state index contributed by atoms with van der Waals surface area (Å²) in [5, 5.41) is 72.2. The van der Waals surface area contributed by atoms with Gasteiger partial charge < -0.3 is 37.6 Å². The Labute approximate surface area is 818 Å². The van der Waals surface area contributed by atoms with Crippen LogP contribution in [0.25, 0.3) is 33.1 Å². The van der Waals surface area contributed by atoms with E-state index in [0.29, 0.717) is 123 Å². The number of ketones is 4. The van der Waals surface area contributed by atoms with Gasteiger partial charge in [0.15, 0.2) is 46.1 Å². The van der Waals surface area contributed by atoms with Gasteiger partial charge in [-0.2, -0.15) is 24.9 Å². The molecule has 16 aliphatic rings. The van der Waals surface area contributed by atoms with Crippen LogP contribution in [0.3, 0.4) is 0 Å². The fourth-order valence-corrected chi connectivity index (χ4v) is 37.1. The molecule has 0 radical (unpaired) electrons. The number of benzene rings is 4. The summed E-state index contributed by atoms with van der Waals surface area (Å²) in [6, 6.07) is 18.1. The number of nitrogens with one attached hydrogen (secondary N) is 1. The van der Waals surface area contributed by atoms with E-state index >= 15 is 0 Å². The minimum Gasteiger partial charge on any atom is -0.395 e.